The Morgan fingerprint density at radius 1 is 1.32 bits per heavy atom. The molecule has 0 N–H and O–H groups in total. The number of hydrogen-bond acceptors (Lipinski definition) is 4. The van der Waals surface area contributed by atoms with Crippen LogP contribution in [0.15, 0.2) is 30.7 Å². The first-order valence-electron chi connectivity index (χ1n) is 5.42. The zero-order valence-electron chi connectivity index (χ0n) is 9.65. The Morgan fingerprint density at radius 3 is 2.68 bits per heavy atom. The Morgan fingerprint density at radius 2 is 2.11 bits per heavy atom. The second-order valence-corrected chi connectivity index (χ2v) is 4.84. The molecular formula is C12H9F3N2OS. The number of Topliss-reactive ketones (excluding diaryl/α,β-unsaturated/α-hetero) is 1. The molecule has 0 aliphatic carbocycles. The number of ketones is 1. The minimum absolute atomic E-state index is 0.0382. The van der Waals surface area contributed by atoms with E-state index in [0.717, 1.165) is 11.8 Å². The van der Waals surface area contributed by atoms with Crippen LogP contribution < -0.4 is 0 Å². The summed E-state index contributed by atoms with van der Waals surface area (Å²) in [7, 11) is 0. The molecule has 0 aliphatic rings. The lowest BCUT2D eigenvalue weighted by molar-refractivity contribution is -0.137. The van der Waals surface area contributed by atoms with E-state index in [1.165, 1.54) is 0 Å². The molecule has 2 aromatic rings. The quantitative estimate of drug-likeness (QED) is 0.809. The first-order valence-corrected chi connectivity index (χ1v) is 6.23. The van der Waals surface area contributed by atoms with Gasteiger partial charge < -0.3 is 0 Å². The molecule has 0 unspecified atom stereocenters. The fourth-order valence-corrected chi connectivity index (χ4v) is 2.21. The van der Waals surface area contributed by atoms with Gasteiger partial charge in [0.25, 0.3) is 0 Å². The number of aryl methyl sites for hydroxylation is 1. The molecule has 2 aromatic heterocycles. The summed E-state index contributed by atoms with van der Waals surface area (Å²) in [5, 5.41) is -0.989. The largest absolute Gasteiger partial charge is 0.443 e. The second kappa shape index (κ2) is 5.48. The van der Waals surface area contributed by atoms with E-state index in [2.05, 4.69) is 9.97 Å². The van der Waals surface area contributed by atoms with Crippen LogP contribution in [0.4, 0.5) is 13.2 Å². The summed E-state index contributed by atoms with van der Waals surface area (Å²) in [5.41, 5.74) is 0.872. The molecule has 0 aromatic carbocycles. The highest BCUT2D eigenvalue weighted by molar-refractivity contribution is 7.13. The summed E-state index contributed by atoms with van der Waals surface area (Å²) in [6, 6.07) is 3.56. The predicted molar refractivity (Wildman–Crippen MR) is 64.0 cm³/mol. The number of nitrogens with zero attached hydrogens (tertiary/aromatic N) is 2. The van der Waals surface area contributed by atoms with Crippen molar-refractivity contribution in [3.8, 4) is 0 Å². The van der Waals surface area contributed by atoms with Gasteiger partial charge in [0.15, 0.2) is 10.8 Å². The molecule has 2 heterocycles. The standard InChI is InChI=1S/C12H9F3N2OS/c13-12(14,15)11-17-7-10(19-11)9(18)4-3-8-2-1-5-16-6-8/h1-2,5-7H,3-4H2. The number of halogens is 3. The summed E-state index contributed by atoms with van der Waals surface area (Å²) in [6.45, 7) is 0. The Kier molecular flexibility index (Phi) is 3.94. The van der Waals surface area contributed by atoms with Gasteiger partial charge in [0.1, 0.15) is 0 Å². The van der Waals surface area contributed by atoms with Crippen LogP contribution in [-0.4, -0.2) is 15.8 Å². The van der Waals surface area contributed by atoms with Gasteiger partial charge in [0.2, 0.25) is 0 Å². The summed E-state index contributed by atoms with van der Waals surface area (Å²) < 4.78 is 37.0. The molecular weight excluding hydrogens is 277 g/mol. The second-order valence-electron chi connectivity index (χ2n) is 3.81. The minimum atomic E-state index is -4.49. The third-order valence-corrected chi connectivity index (χ3v) is 3.47. The number of alkyl halides is 3. The van der Waals surface area contributed by atoms with Gasteiger partial charge in [0, 0.05) is 25.0 Å². The van der Waals surface area contributed by atoms with Gasteiger partial charge in [0.05, 0.1) is 4.88 Å². The van der Waals surface area contributed by atoms with Crippen molar-refractivity contribution in [3.05, 3.63) is 46.2 Å². The molecule has 0 fully saturated rings. The fraction of sp³-hybridized carbons (Fsp3) is 0.250. The molecule has 3 nitrogen and oxygen atoms in total. The predicted octanol–water partition coefficient (Wildman–Crippen LogP) is 3.37. The SMILES string of the molecule is O=C(CCc1cccnc1)c1cnc(C(F)(F)F)s1. The highest BCUT2D eigenvalue weighted by Crippen LogP contribution is 2.32. The molecule has 0 saturated heterocycles. The molecule has 0 aliphatic heterocycles. The first kappa shape index (κ1) is 13.7. The normalized spacial score (nSPS) is 11.5. The number of hydrogen-bond donors (Lipinski definition) is 0. The van der Waals surface area contributed by atoms with Crippen LogP contribution in [0.25, 0.3) is 0 Å². The number of carbonyl (C=O) groups excluding carboxylic acids is 1. The molecule has 100 valence electrons. The van der Waals surface area contributed by atoms with Crippen molar-refractivity contribution < 1.29 is 18.0 Å². The van der Waals surface area contributed by atoms with E-state index in [9.17, 15) is 18.0 Å². The molecule has 0 atom stereocenters. The lowest BCUT2D eigenvalue weighted by Crippen LogP contribution is -2.03. The summed E-state index contributed by atoms with van der Waals surface area (Å²) in [6.07, 6.45) is 0.327. The molecule has 19 heavy (non-hydrogen) atoms. The van der Waals surface area contributed by atoms with Gasteiger partial charge in [-0.05, 0) is 18.1 Å². The Balaban J connectivity index is 1.99. The zero-order valence-corrected chi connectivity index (χ0v) is 10.5. The average molecular weight is 286 g/mol. The van der Waals surface area contributed by atoms with Gasteiger partial charge in [-0.25, -0.2) is 4.98 Å². The van der Waals surface area contributed by atoms with Crippen molar-refractivity contribution in [2.24, 2.45) is 0 Å². The molecule has 0 radical (unpaired) electrons. The molecule has 0 saturated carbocycles. The zero-order chi connectivity index (χ0) is 13.9. The van der Waals surface area contributed by atoms with Crippen LogP contribution in [0.5, 0.6) is 0 Å². The molecule has 7 heteroatoms. The molecule has 2 rings (SSSR count). The lowest BCUT2D eigenvalue weighted by atomic mass is 10.1. The third-order valence-electron chi connectivity index (χ3n) is 2.39. The summed E-state index contributed by atoms with van der Waals surface area (Å²) in [4.78, 5) is 18.9. The van der Waals surface area contributed by atoms with Crippen LogP contribution in [0, 0.1) is 0 Å². The van der Waals surface area contributed by atoms with Crippen LogP contribution in [-0.2, 0) is 12.6 Å². The summed E-state index contributed by atoms with van der Waals surface area (Å²) in [5.74, 6) is -0.336. The maximum absolute atomic E-state index is 12.3. The highest BCUT2D eigenvalue weighted by Gasteiger charge is 2.35. The maximum atomic E-state index is 12.3. The van der Waals surface area contributed by atoms with Crippen LogP contribution >= 0.6 is 11.3 Å². The van der Waals surface area contributed by atoms with E-state index in [1.54, 1.807) is 18.5 Å². The number of carbonyl (C=O) groups is 1. The van der Waals surface area contributed by atoms with E-state index < -0.39 is 11.2 Å². The van der Waals surface area contributed by atoms with Crippen molar-refractivity contribution in [1.29, 1.82) is 0 Å². The number of aromatic nitrogens is 2. The van der Waals surface area contributed by atoms with Gasteiger partial charge in [-0.1, -0.05) is 6.07 Å². The van der Waals surface area contributed by atoms with Crippen molar-refractivity contribution >= 4 is 17.1 Å². The van der Waals surface area contributed by atoms with Gasteiger partial charge in [-0.3, -0.25) is 9.78 Å². The smallest absolute Gasteiger partial charge is 0.293 e. The van der Waals surface area contributed by atoms with Crippen LogP contribution in [0.3, 0.4) is 0 Å². The van der Waals surface area contributed by atoms with Crippen molar-refractivity contribution in [2.45, 2.75) is 19.0 Å². The summed E-state index contributed by atoms with van der Waals surface area (Å²) >= 11 is 0.382. The minimum Gasteiger partial charge on any atom is -0.293 e. The Labute approximate surface area is 111 Å². The van der Waals surface area contributed by atoms with Crippen LogP contribution in [0.1, 0.15) is 26.7 Å². The van der Waals surface area contributed by atoms with E-state index in [-0.39, 0.29) is 17.1 Å². The highest BCUT2D eigenvalue weighted by atomic mass is 32.1. The molecule has 0 amide bonds. The average Bonchev–Trinajstić information content (AvgIpc) is 2.87. The van der Waals surface area contributed by atoms with Crippen molar-refractivity contribution in [1.82, 2.24) is 9.97 Å². The number of pyridine rings is 1. The van der Waals surface area contributed by atoms with Gasteiger partial charge >= 0.3 is 6.18 Å². The maximum Gasteiger partial charge on any atom is 0.443 e. The lowest BCUT2D eigenvalue weighted by Gasteiger charge is -2.00. The first-order chi connectivity index (χ1) is 8.97. The monoisotopic (exact) mass is 286 g/mol. The number of thiazole rings is 1. The van der Waals surface area contributed by atoms with Gasteiger partial charge in [-0.15, -0.1) is 11.3 Å². The van der Waals surface area contributed by atoms with E-state index in [1.807, 2.05) is 6.07 Å². The van der Waals surface area contributed by atoms with E-state index in [4.69, 9.17) is 0 Å². The third kappa shape index (κ3) is 3.60. The Hall–Kier alpha value is -1.76. The van der Waals surface area contributed by atoms with Crippen LogP contribution in [0.2, 0.25) is 0 Å². The topological polar surface area (TPSA) is 42.9 Å². The number of rotatable bonds is 4. The van der Waals surface area contributed by atoms with Gasteiger partial charge in [-0.2, -0.15) is 13.2 Å². The molecule has 0 bridgehead atoms. The molecule has 0 spiro atoms. The Bertz CT molecular complexity index is 566. The fourth-order valence-electron chi connectivity index (χ4n) is 1.46. The van der Waals surface area contributed by atoms with E-state index in [0.29, 0.717) is 17.8 Å². The van der Waals surface area contributed by atoms with Crippen molar-refractivity contribution in [3.63, 3.8) is 0 Å². The van der Waals surface area contributed by atoms with Crippen molar-refractivity contribution in [2.75, 3.05) is 0 Å². The van der Waals surface area contributed by atoms with E-state index >= 15 is 0 Å².